The molecule has 2 N–H and O–H groups in total. The van der Waals surface area contributed by atoms with Crippen molar-refractivity contribution in [2.45, 2.75) is 46.0 Å². The van der Waals surface area contributed by atoms with Crippen LogP contribution in [0.2, 0.25) is 0 Å². The predicted molar refractivity (Wildman–Crippen MR) is 87.2 cm³/mol. The maximum atomic E-state index is 10.2. The van der Waals surface area contributed by atoms with Crippen LogP contribution in [0, 0.1) is 0 Å². The van der Waals surface area contributed by atoms with E-state index in [1.54, 1.807) is 0 Å². The van der Waals surface area contributed by atoms with E-state index in [0.29, 0.717) is 29.8 Å². The Morgan fingerprint density at radius 1 is 0.714 bits per heavy atom. The van der Waals surface area contributed by atoms with Gasteiger partial charge in [-0.25, -0.2) is 0 Å². The number of aromatic hydroxyl groups is 2. The number of hydrogen-bond acceptors (Lipinski definition) is 2. The van der Waals surface area contributed by atoms with Gasteiger partial charge in [0.2, 0.25) is 0 Å². The van der Waals surface area contributed by atoms with Crippen molar-refractivity contribution in [2.75, 3.05) is 0 Å². The molecule has 2 aromatic rings. The van der Waals surface area contributed by atoms with Crippen LogP contribution in [-0.2, 0) is 6.42 Å². The molecule has 0 unspecified atom stereocenters. The summed E-state index contributed by atoms with van der Waals surface area (Å²) in [4.78, 5) is 0. The molecule has 0 amide bonds. The molecule has 2 aromatic carbocycles. The zero-order valence-corrected chi connectivity index (χ0v) is 13.2. The van der Waals surface area contributed by atoms with Crippen molar-refractivity contribution in [1.82, 2.24) is 0 Å². The largest absolute Gasteiger partial charge is 0.508 e. The van der Waals surface area contributed by atoms with E-state index in [9.17, 15) is 10.2 Å². The fourth-order valence-electron chi connectivity index (χ4n) is 2.38. The number of phenols is 2. The van der Waals surface area contributed by atoms with E-state index in [1.165, 1.54) is 0 Å². The van der Waals surface area contributed by atoms with E-state index in [1.807, 2.05) is 36.4 Å². The van der Waals surface area contributed by atoms with Crippen molar-refractivity contribution in [1.29, 1.82) is 0 Å². The highest BCUT2D eigenvalue weighted by Crippen LogP contribution is 2.30. The van der Waals surface area contributed by atoms with E-state index < -0.39 is 0 Å². The van der Waals surface area contributed by atoms with Crippen LogP contribution in [-0.4, -0.2) is 10.2 Å². The Labute approximate surface area is 127 Å². The number of rotatable bonds is 4. The molecule has 0 heterocycles. The average molecular weight is 284 g/mol. The van der Waals surface area contributed by atoms with Gasteiger partial charge in [0.25, 0.3) is 0 Å². The molecule has 0 fully saturated rings. The van der Waals surface area contributed by atoms with Gasteiger partial charge in [-0.3, -0.25) is 0 Å². The molecule has 21 heavy (non-hydrogen) atoms. The molecule has 112 valence electrons. The predicted octanol–water partition coefficient (Wildman–Crippen LogP) is 4.94. The molecule has 2 heteroatoms. The van der Waals surface area contributed by atoms with Crippen molar-refractivity contribution in [3.8, 4) is 11.5 Å². The lowest BCUT2D eigenvalue weighted by Gasteiger charge is -2.12. The van der Waals surface area contributed by atoms with Gasteiger partial charge in [0, 0.05) is 6.42 Å². The number of benzene rings is 2. The van der Waals surface area contributed by atoms with Crippen LogP contribution >= 0.6 is 0 Å². The summed E-state index contributed by atoms with van der Waals surface area (Å²) in [7, 11) is 0. The van der Waals surface area contributed by atoms with Gasteiger partial charge in [0.15, 0.2) is 0 Å². The van der Waals surface area contributed by atoms with Crippen molar-refractivity contribution in [3.05, 3.63) is 58.7 Å². The number of phenolic OH excluding ortho intramolecular Hbond substituents is 2. The Morgan fingerprint density at radius 3 is 1.38 bits per heavy atom. The fraction of sp³-hybridized carbons (Fsp3) is 0.368. The third-order valence-electron chi connectivity index (χ3n) is 3.93. The van der Waals surface area contributed by atoms with Crippen LogP contribution in [0.1, 0.15) is 61.8 Å². The molecule has 0 saturated heterocycles. The van der Waals surface area contributed by atoms with Crippen LogP contribution in [0.25, 0.3) is 0 Å². The van der Waals surface area contributed by atoms with Gasteiger partial charge in [-0.15, -0.1) is 0 Å². The molecule has 0 aromatic heterocycles. The fourth-order valence-corrected chi connectivity index (χ4v) is 2.38. The standard InChI is InChI=1S/C19H24O2/c1-12(2)14-5-7-16(18(20)10-14)9-17-8-6-15(13(3)4)11-19(17)21/h5-8,10-13,20-21H,9H2,1-4H3. The Morgan fingerprint density at radius 2 is 1.10 bits per heavy atom. The van der Waals surface area contributed by atoms with Crippen LogP contribution in [0.4, 0.5) is 0 Å². The molecule has 0 aliphatic carbocycles. The summed E-state index contributed by atoms with van der Waals surface area (Å²) in [5.74, 6) is 1.38. The van der Waals surface area contributed by atoms with Gasteiger partial charge >= 0.3 is 0 Å². The molecule has 0 aliphatic heterocycles. The molecule has 0 radical (unpaired) electrons. The molecular formula is C19H24O2. The minimum absolute atomic E-state index is 0.300. The maximum absolute atomic E-state index is 10.2. The molecule has 0 saturated carbocycles. The summed E-state index contributed by atoms with van der Waals surface area (Å²) in [5, 5.41) is 20.3. The Kier molecular flexibility index (Phi) is 4.56. The van der Waals surface area contributed by atoms with E-state index >= 15 is 0 Å². The van der Waals surface area contributed by atoms with Crippen molar-refractivity contribution in [3.63, 3.8) is 0 Å². The Balaban J connectivity index is 2.26. The van der Waals surface area contributed by atoms with E-state index in [0.717, 1.165) is 22.3 Å². The molecule has 2 rings (SSSR count). The zero-order valence-electron chi connectivity index (χ0n) is 13.2. The van der Waals surface area contributed by atoms with Crippen molar-refractivity contribution >= 4 is 0 Å². The summed E-state index contributed by atoms with van der Waals surface area (Å²) >= 11 is 0. The Hall–Kier alpha value is -1.96. The highest BCUT2D eigenvalue weighted by molar-refractivity contribution is 5.45. The lowest BCUT2D eigenvalue weighted by molar-refractivity contribution is 0.461. The minimum atomic E-state index is 0.300. The third kappa shape index (κ3) is 3.57. The van der Waals surface area contributed by atoms with Crippen LogP contribution in [0.15, 0.2) is 36.4 Å². The molecule has 0 atom stereocenters. The summed E-state index contributed by atoms with van der Waals surface area (Å²) in [5.41, 5.74) is 3.92. The quantitative estimate of drug-likeness (QED) is 0.835. The van der Waals surface area contributed by atoms with E-state index in [-0.39, 0.29) is 0 Å². The van der Waals surface area contributed by atoms with Crippen LogP contribution in [0.3, 0.4) is 0 Å². The second kappa shape index (κ2) is 6.21. The first-order valence-electron chi connectivity index (χ1n) is 7.52. The van der Waals surface area contributed by atoms with Gasteiger partial charge in [0.1, 0.15) is 11.5 Å². The number of hydrogen-bond donors (Lipinski definition) is 2. The summed E-state index contributed by atoms with van der Waals surface area (Å²) in [6.07, 6.45) is 0.536. The minimum Gasteiger partial charge on any atom is -0.508 e. The van der Waals surface area contributed by atoms with E-state index in [2.05, 4.69) is 27.7 Å². The highest BCUT2D eigenvalue weighted by Gasteiger charge is 2.10. The van der Waals surface area contributed by atoms with Crippen molar-refractivity contribution in [2.24, 2.45) is 0 Å². The summed E-state index contributed by atoms with van der Waals surface area (Å²) in [6.45, 7) is 8.41. The van der Waals surface area contributed by atoms with Gasteiger partial charge in [-0.1, -0.05) is 52.0 Å². The topological polar surface area (TPSA) is 40.5 Å². The first-order valence-corrected chi connectivity index (χ1v) is 7.52. The first kappa shape index (κ1) is 15.4. The van der Waals surface area contributed by atoms with Crippen molar-refractivity contribution < 1.29 is 10.2 Å². The SMILES string of the molecule is CC(C)c1ccc(Cc2ccc(C(C)C)cc2O)c(O)c1. The maximum Gasteiger partial charge on any atom is 0.119 e. The second-order valence-corrected chi connectivity index (χ2v) is 6.26. The smallest absolute Gasteiger partial charge is 0.119 e. The molecule has 2 nitrogen and oxygen atoms in total. The van der Waals surface area contributed by atoms with Gasteiger partial charge in [0.05, 0.1) is 0 Å². The van der Waals surface area contributed by atoms with E-state index in [4.69, 9.17) is 0 Å². The van der Waals surface area contributed by atoms with Gasteiger partial charge < -0.3 is 10.2 Å². The third-order valence-corrected chi connectivity index (χ3v) is 3.93. The summed E-state index contributed by atoms with van der Waals surface area (Å²) in [6, 6.07) is 11.6. The average Bonchev–Trinajstić information content (AvgIpc) is 2.42. The van der Waals surface area contributed by atoms with Gasteiger partial charge in [-0.05, 0) is 46.2 Å². The monoisotopic (exact) mass is 284 g/mol. The normalized spacial score (nSPS) is 11.3. The zero-order chi connectivity index (χ0) is 15.6. The highest BCUT2D eigenvalue weighted by atomic mass is 16.3. The molecule has 0 spiro atoms. The molecular weight excluding hydrogens is 260 g/mol. The lowest BCUT2D eigenvalue weighted by Crippen LogP contribution is -1.94. The van der Waals surface area contributed by atoms with Crippen LogP contribution in [0.5, 0.6) is 11.5 Å². The van der Waals surface area contributed by atoms with Crippen LogP contribution < -0.4 is 0 Å². The van der Waals surface area contributed by atoms with Gasteiger partial charge in [-0.2, -0.15) is 0 Å². The first-order chi connectivity index (χ1) is 9.88. The Bertz CT molecular complexity index is 572. The lowest BCUT2D eigenvalue weighted by atomic mass is 9.95. The molecule has 0 bridgehead atoms. The second-order valence-electron chi connectivity index (χ2n) is 6.26. The molecule has 0 aliphatic rings. The summed E-state index contributed by atoms with van der Waals surface area (Å²) < 4.78 is 0.